The summed E-state index contributed by atoms with van der Waals surface area (Å²) in [5, 5.41) is 12.0. The van der Waals surface area contributed by atoms with E-state index in [4.69, 9.17) is 5.26 Å². The lowest BCUT2D eigenvalue weighted by Crippen LogP contribution is -2.15. The second kappa shape index (κ2) is 11.3. The van der Waals surface area contributed by atoms with E-state index < -0.39 is 0 Å². The zero-order chi connectivity index (χ0) is 15.3. The second-order valence-electron chi connectivity index (χ2n) is 5.54. The van der Waals surface area contributed by atoms with Gasteiger partial charge in [-0.3, -0.25) is 0 Å². The highest BCUT2D eigenvalue weighted by Gasteiger charge is 2.06. The standard InChI is InChI=1S/C18H27FN2/c1-2-3-4-5-6-7-8-9-13-21-15-17-12-10-11-16(14-20)18(17)19/h10-12,21H,2-9,13,15H2,1H3. The molecule has 0 aliphatic carbocycles. The van der Waals surface area contributed by atoms with Gasteiger partial charge in [0.05, 0.1) is 5.56 Å². The van der Waals surface area contributed by atoms with Crippen LogP contribution in [0, 0.1) is 17.1 Å². The van der Waals surface area contributed by atoms with E-state index >= 15 is 0 Å². The SMILES string of the molecule is CCCCCCCCCCNCc1cccc(C#N)c1F. The molecule has 0 spiro atoms. The lowest BCUT2D eigenvalue weighted by Gasteiger charge is -2.07. The van der Waals surface area contributed by atoms with Crippen LogP contribution in [0.15, 0.2) is 18.2 Å². The van der Waals surface area contributed by atoms with Crippen LogP contribution in [0.4, 0.5) is 4.39 Å². The molecule has 0 atom stereocenters. The smallest absolute Gasteiger partial charge is 0.145 e. The molecule has 0 aliphatic heterocycles. The van der Waals surface area contributed by atoms with E-state index in [0.29, 0.717) is 12.1 Å². The first-order valence-corrected chi connectivity index (χ1v) is 8.17. The Balaban J connectivity index is 2.06. The van der Waals surface area contributed by atoms with Crippen LogP contribution in [0.1, 0.15) is 69.4 Å². The minimum absolute atomic E-state index is 0.126. The number of unbranched alkanes of at least 4 members (excludes halogenated alkanes) is 7. The zero-order valence-electron chi connectivity index (χ0n) is 13.1. The van der Waals surface area contributed by atoms with Crippen molar-refractivity contribution in [1.29, 1.82) is 5.26 Å². The van der Waals surface area contributed by atoms with E-state index in [-0.39, 0.29) is 11.4 Å². The van der Waals surface area contributed by atoms with Crippen molar-refractivity contribution in [3.63, 3.8) is 0 Å². The van der Waals surface area contributed by atoms with E-state index in [2.05, 4.69) is 12.2 Å². The second-order valence-corrected chi connectivity index (χ2v) is 5.54. The Morgan fingerprint density at radius 1 is 1.05 bits per heavy atom. The molecule has 1 aromatic carbocycles. The van der Waals surface area contributed by atoms with E-state index in [1.165, 1.54) is 51.0 Å². The van der Waals surface area contributed by atoms with Crippen LogP contribution in [0.25, 0.3) is 0 Å². The van der Waals surface area contributed by atoms with Gasteiger partial charge < -0.3 is 5.32 Å². The van der Waals surface area contributed by atoms with Gasteiger partial charge in [0.15, 0.2) is 0 Å². The van der Waals surface area contributed by atoms with Crippen LogP contribution < -0.4 is 5.32 Å². The highest BCUT2D eigenvalue weighted by molar-refractivity contribution is 5.34. The molecular weight excluding hydrogens is 263 g/mol. The van der Waals surface area contributed by atoms with Gasteiger partial charge in [-0.1, -0.05) is 64.0 Å². The van der Waals surface area contributed by atoms with Crippen molar-refractivity contribution in [3.8, 4) is 6.07 Å². The van der Waals surface area contributed by atoms with Gasteiger partial charge in [-0.15, -0.1) is 0 Å². The number of hydrogen-bond acceptors (Lipinski definition) is 2. The van der Waals surface area contributed by atoms with E-state index in [0.717, 1.165) is 13.0 Å². The van der Waals surface area contributed by atoms with Gasteiger partial charge in [-0.05, 0) is 19.0 Å². The summed E-state index contributed by atoms with van der Waals surface area (Å²) in [5.41, 5.74) is 0.704. The molecule has 0 fully saturated rings. The average Bonchev–Trinajstić information content (AvgIpc) is 2.50. The maximum atomic E-state index is 13.8. The van der Waals surface area contributed by atoms with Gasteiger partial charge in [-0.25, -0.2) is 4.39 Å². The van der Waals surface area contributed by atoms with Gasteiger partial charge in [0.25, 0.3) is 0 Å². The number of nitriles is 1. The first-order chi connectivity index (χ1) is 10.3. The average molecular weight is 290 g/mol. The minimum Gasteiger partial charge on any atom is -0.313 e. The monoisotopic (exact) mass is 290 g/mol. The molecule has 21 heavy (non-hydrogen) atoms. The van der Waals surface area contributed by atoms with Crippen molar-refractivity contribution in [3.05, 3.63) is 35.1 Å². The first kappa shape index (κ1) is 17.7. The quantitative estimate of drug-likeness (QED) is 0.587. The molecule has 0 saturated carbocycles. The molecule has 0 unspecified atom stereocenters. The molecule has 0 heterocycles. The van der Waals surface area contributed by atoms with Crippen LogP contribution in [0.5, 0.6) is 0 Å². The summed E-state index contributed by atoms with van der Waals surface area (Å²) in [6.07, 6.45) is 10.4. The Hall–Kier alpha value is -1.40. The molecule has 0 bridgehead atoms. The van der Waals surface area contributed by atoms with Crippen molar-refractivity contribution in [2.75, 3.05) is 6.54 Å². The summed E-state index contributed by atoms with van der Waals surface area (Å²) >= 11 is 0. The topological polar surface area (TPSA) is 35.8 Å². The molecule has 0 aliphatic rings. The highest BCUT2D eigenvalue weighted by atomic mass is 19.1. The Bertz CT molecular complexity index is 437. The molecule has 2 nitrogen and oxygen atoms in total. The van der Waals surface area contributed by atoms with Crippen LogP contribution in [0.2, 0.25) is 0 Å². The summed E-state index contributed by atoms with van der Waals surface area (Å²) < 4.78 is 13.8. The normalized spacial score (nSPS) is 10.5. The lowest BCUT2D eigenvalue weighted by molar-refractivity contribution is 0.545. The summed E-state index contributed by atoms with van der Waals surface area (Å²) in [4.78, 5) is 0. The van der Waals surface area contributed by atoms with Gasteiger partial charge >= 0.3 is 0 Å². The fourth-order valence-electron chi connectivity index (χ4n) is 2.41. The number of hydrogen-bond donors (Lipinski definition) is 1. The predicted octanol–water partition coefficient (Wildman–Crippen LogP) is 4.93. The molecule has 1 rings (SSSR count). The third kappa shape index (κ3) is 7.24. The molecule has 0 radical (unpaired) electrons. The summed E-state index contributed by atoms with van der Waals surface area (Å²) in [6.45, 7) is 3.64. The molecule has 116 valence electrons. The third-order valence-corrected chi connectivity index (χ3v) is 3.72. The number of nitrogens with zero attached hydrogens (tertiary/aromatic N) is 1. The summed E-state index contributed by atoms with van der Waals surface area (Å²) in [7, 11) is 0. The molecule has 3 heteroatoms. The maximum absolute atomic E-state index is 13.8. The fourth-order valence-corrected chi connectivity index (χ4v) is 2.41. The van der Waals surface area contributed by atoms with Gasteiger partial charge in [-0.2, -0.15) is 5.26 Å². The molecular formula is C18H27FN2. The Labute approximate surface area is 128 Å². The molecule has 1 aromatic rings. The highest BCUT2D eigenvalue weighted by Crippen LogP contribution is 2.12. The largest absolute Gasteiger partial charge is 0.313 e. The van der Waals surface area contributed by atoms with Gasteiger partial charge in [0.2, 0.25) is 0 Å². The zero-order valence-corrected chi connectivity index (χ0v) is 13.1. The number of rotatable bonds is 11. The van der Waals surface area contributed by atoms with Crippen molar-refractivity contribution < 1.29 is 4.39 Å². The minimum atomic E-state index is -0.386. The van der Waals surface area contributed by atoms with Crippen LogP contribution in [-0.2, 0) is 6.54 Å². The van der Waals surface area contributed by atoms with Crippen molar-refractivity contribution in [2.24, 2.45) is 0 Å². The predicted molar refractivity (Wildman–Crippen MR) is 85.4 cm³/mol. The van der Waals surface area contributed by atoms with Gasteiger partial charge in [0.1, 0.15) is 11.9 Å². The Morgan fingerprint density at radius 3 is 2.38 bits per heavy atom. The van der Waals surface area contributed by atoms with Crippen LogP contribution >= 0.6 is 0 Å². The first-order valence-electron chi connectivity index (χ1n) is 8.17. The number of benzene rings is 1. The summed E-state index contributed by atoms with van der Waals surface area (Å²) in [5.74, 6) is -0.386. The lowest BCUT2D eigenvalue weighted by atomic mass is 10.1. The molecule has 0 saturated heterocycles. The molecule has 1 N–H and O–H groups in total. The maximum Gasteiger partial charge on any atom is 0.145 e. The molecule has 0 amide bonds. The van der Waals surface area contributed by atoms with Crippen LogP contribution in [-0.4, -0.2) is 6.54 Å². The third-order valence-electron chi connectivity index (χ3n) is 3.72. The van der Waals surface area contributed by atoms with Crippen LogP contribution in [0.3, 0.4) is 0 Å². The van der Waals surface area contributed by atoms with Crippen molar-refractivity contribution in [1.82, 2.24) is 5.32 Å². The Morgan fingerprint density at radius 2 is 1.71 bits per heavy atom. The van der Waals surface area contributed by atoms with Crippen molar-refractivity contribution >= 4 is 0 Å². The number of nitrogens with one attached hydrogen (secondary N) is 1. The fraction of sp³-hybridized carbons (Fsp3) is 0.611. The Kier molecular flexibility index (Phi) is 9.48. The van der Waals surface area contributed by atoms with Crippen molar-refractivity contribution in [2.45, 2.75) is 64.8 Å². The van der Waals surface area contributed by atoms with E-state index in [9.17, 15) is 4.39 Å². The summed E-state index contributed by atoms with van der Waals surface area (Å²) in [6, 6.07) is 6.85. The van der Waals surface area contributed by atoms with Gasteiger partial charge in [0, 0.05) is 12.1 Å². The number of halogens is 1. The molecule has 0 aromatic heterocycles. The van der Waals surface area contributed by atoms with E-state index in [1.807, 2.05) is 6.07 Å². The van der Waals surface area contributed by atoms with E-state index in [1.54, 1.807) is 12.1 Å².